The van der Waals surface area contributed by atoms with Crippen LogP contribution >= 0.6 is 0 Å². The maximum Gasteiger partial charge on any atom is 0.410 e. The Morgan fingerprint density at radius 2 is 1.62 bits per heavy atom. The molecule has 2 saturated heterocycles. The Labute approximate surface area is 166 Å². The van der Waals surface area contributed by atoms with Gasteiger partial charge in [-0.15, -0.1) is 0 Å². The fraction of sp³-hybridized carbons (Fsp3) is 0.381. The fourth-order valence-electron chi connectivity index (χ4n) is 3.93. The predicted octanol–water partition coefficient (Wildman–Crippen LogP) is 4.00. The molecule has 0 spiro atoms. The van der Waals surface area contributed by atoms with Crippen molar-refractivity contribution in [3.05, 3.63) is 71.8 Å². The molecule has 0 N–H and O–H groups in total. The van der Waals surface area contributed by atoms with E-state index in [1.165, 1.54) is 4.90 Å². The van der Waals surface area contributed by atoms with Crippen LogP contribution in [0.2, 0.25) is 0 Å². The molecule has 0 saturated carbocycles. The van der Waals surface area contributed by atoms with Crippen LogP contribution in [-0.4, -0.2) is 47.5 Å². The molecule has 2 aromatic rings. The summed E-state index contributed by atoms with van der Waals surface area (Å²) in [6, 6.07) is 16.3. The van der Waals surface area contributed by atoms with Gasteiger partial charge in [-0.3, -0.25) is 4.84 Å². The Morgan fingerprint density at radius 3 is 2.24 bits per heavy atom. The van der Waals surface area contributed by atoms with Crippen molar-refractivity contribution in [3.8, 4) is 0 Å². The van der Waals surface area contributed by atoms with Crippen LogP contribution < -0.4 is 0 Å². The molecule has 2 fully saturated rings. The van der Waals surface area contributed by atoms with Crippen molar-refractivity contribution < 1.29 is 27.5 Å². The first-order chi connectivity index (χ1) is 13.9. The third-order valence-corrected chi connectivity index (χ3v) is 5.28. The average molecular weight is 406 g/mol. The minimum absolute atomic E-state index is 0.0382. The van der Waals surface area contributed by atoms with Crippen molar-refractivity contribution in [2.24, 2.45) is 5.92 Å². The monoisotopic (exact) mass is 406 g/mol. The van der Waals surface area contributed by atoms with Crippen LogP contribution in [0, 0.1) is 5.92 Å². The van der Waals surface area contributed by atoms with Gasteiger partial charge < -0.3 is 9.64 Å². The van der Waals surface area contributed by atoms with E-state index in [0.717, 1.165) is 16.2 Å². The fourth-order valence-corrected chi connectivity index (χ4v) is 3.93. The van der Waals surface area contributed by atoms with E-state index < -0.39 is 30.3 Å². The van der Waals surface area contributed by atoms with Gasteiger partial charge in [0.25, 0.3) is 0 Å². The second-order valence-corrected chi connectivity index (χ2v) is 7.30. The van der Waals surface area contributed by atoms with Crippen LogP contribution in [-0.2, 0) is 22.7 Å². The van der Waals surface area contributed by atoms with Gasteiger partial charge in [0.15, 0.2) is 0 Å². The Morgan fingerprint density at radius 1 is 1.00 bits per heavy atom. The number of hydrogen-bond acceptors (Lipinski definition) is 4. The van der Waals surface area contributed by atoms with Crippen molar-refractivity contribution in [1.82, 2.24) is 9.96 Å². The Hall–Kier alpha value is -2.58. The van der Waals surface area contributed by atoms with E-state index in [1.54, 1.807) is 24.3 Å². The molecule has 2 aliphatic rings. The molecular weight excluding hydrogens is 385 g/mol. The third kappa shape index (κ3) is 4.38. The molecule has 2 aliphatic heterocycles. The SMILES string of the molecule is O=C(OCc1ccccc1)N1C[C@@H]2[C@@H](C(F)(F)F)N(Cc3ccccc3)O[C@@H]2C1. The summed E-state index contributed by atoms with van der Waals surface area (Å²) >= 11 is 0. The second kappa shape index (κ2) is 8.04. The zero-order chi connectivity index (χ0) is 20.4. The smallest absolute Gasteiger partial charge is 0.410 e. The molecule has 3 atom stereocenters. The molecule has 0 bridgehead atoms. The number of ether oxygens (including phenoxy) is 1. The molecule has 0 aromatic heterocycles. The third-order valence-electron chi connectivity index (χ3n) is 5.28. The molecule has 1 amide bonds. The molecule has 0 radical (unpaired) electrons. The van der Waals surface area contributed by atoms with Gasteiger partial charge in [-0.2, -0.15) is 18.2 Å². The maximum absolute atomic E-state index is 13.8. The van der Waals surface area contributed by atoms with Gasteiger partial charge in [-0.1, -0.05) is 60.7 Å². The van der Waals surface area contributed by atoms with Gasteiger partial charge in [0.2, 0.25) is 0 Å². The number of rotatable bonds is 4. The van der Waals surface area contributed by atoms with E-state index in [2.05, 4.69) is 0 Å². The second-order valence-electron chi connectivity index (χ2n) is 7.30. The summed E-state index contributed by atoms with van der Waals surface area (Å²) in [5.41, 5.74) is 1.56. The number of alkyl halides is 3. The molecule has 8 heteroatoms. The van der Waals surface area contributed by atoms with E-state index in [4.69, 9.17) is 9.57 Å². The largest absolute Gasteiger partial charge is 0.445 e. The van der Waals surface area contributed by atoms with Crippen LogP contribution in [0.3, 0.4) is 0 Å². The Balaban J connectivity index is 1.40. The van der Waals surface area contributed by atoms with Gasteiger partial charge in [-0.25, -0.2) is 4.79 Å². The normalized spacial score (nSPS) is 24.5. The number of carbonyl (C=O) groups is 1. The summed E-state index contributed by atoms with van der Waals surface area (Å²) in [7, 11) is 0. The van der Waals surface area contributed by atoms with E-state index >= 15 is 0 Å². The molecule has 5 nitrogen and oxygen atoms in total. The van der Waals surface area contributed by atoms with Crippen LogP contribution in [0.1, 0.15) is 11.1 Å². The van der Waals surface area contributed by atoms with E-state index in [-0.39, 0.29) is 26.2 Å². The lowest BCUT2D eigenvalue weighted by molar-refractivity contribution is -0.251. The highest BCUT2D eigenvalue weighted by Crippen LogP contribution is 2.42. The quantitative estimate of drug-likeness (QED) is 0.770. The summed E-state index contributed by atoms with van der Waals surface area (Å²) in [5, 5.41) is 1.01. The highest BCUT2D eigenvalue weighted by atomic mass is 19.4. The molecular formula is C21H21F3N2O3. The summed E-state index contributed by atoms with van der Waals surface area (Å²) in [5.74, 6) is -0.844. The highest BCUT2D eigenvalue weighted by Gasteiger charge is 2.60. The number of carbonyl (C=O) groups excluding carboxylic acids is 1. The van der Waals surface area contributed by atoms with Crippen molar-refractivity contribution >= 4 is 6.09 Å². The van der Waals surface area contributed by atoms with Crippen LogP contribution in [0.25, 0.3) is 0 Å². The minimum atomic E-state index is -4.46. The van der Waals surface area contributed by atoms with Crippen molar-refractivity contribution in [1.29, 1.82) is 0 Å². The van der Waals surface area contributed by atoms with Gasteiger partial charge in [0.1, 0.15) is 18.8 Å². The van der Waals surface area contributed by atoms with E-state index in [9.17, 15) is 18.0 Å². The van der Waals surface area contributed by atoms with Gasteiger partial charge in [0.05, 0.1) is 6.54 Å². The molecule has 154 valence electrons. The standard InChI is InChI=1S/C21H21F3N2O3/c22-21(23,24)19-17-12-25(20(27)28-14-16-9-5-2-6-10-16)13-18(17)29-26(19)11-15-7-3-1-4-8-15/h1-10,17-19H,11-14H2/t17-,18+,19-/m0/s1. The first kappa shape index (κ1) is 19.7. The molecule has 2 heterocycles. The van der Waals surface area contributed by atoms with Gasteiger partial charge >= 0.3 is 12.3 Å². The van der Waals surface area contributed by atoms with Crippen LogP contribution in [0.4, 0.5) is 18.0 Å². The summed E-state index contributed by atoms with van der Waals surface area (Å²) in [6.45, 7) is 0.148. The van der Waals surface area contributed by atoms with E-state index in [0.29, 0.717) is 0 Å². The van der Waals surface area contributed by atoms with Crippen molar-refractivity contribution in [2.75, 3.05) is 13.1 Å². The lowest BCUT2D eigenvalue weighted by Gasteiger charge is -2.29. The maximum atomic E-state index is 13.8. The number of likely N-dealkylation sites (tertiary alicyclic amines) is 1. The summed E-state index contributed by atoms with van der Waals surface area (Å²) in [6.07, 6.45) is -5.78. The minimum Gasteiger partial charge on any atom is -0.445 e. The predicted molar refractivity (Wildman–Crippen MR) is 98.4 cm³/mol. The lowest BCUT2D eigenvalue weighted by Crippen LogP contribution is -2.46. The van der Waals surface area contributed by atoms with Crippen LogP contribution in [0.5, 0.6) is 0 Å². The molecule has 0 unspecified atom stereocenters. The molecule has 0 aliphatic carbocycles. The molecule has 4 rings (SSSR count). The number of benzene rings is 2. The number of halogens is 3. The molecule has 29 heavy (non-hydrogen) atoms. The van der Waals surface area contributed by atoms with Gasteiger partial charge in [0, 0.05) is 19.0 Å². The highest BCUT2D eigenvalue weighted by molar-refractivity contribution is 5.68. The topological polar surface area (TPSA) is 42.0 Å². The summed E-state index contributed by atoms with van der Waals surface area (Å²) in [4.78, 5) is 19.3. The first-order valence-electron chi connectivity index (χ1n) is 9.41. The van der Waals surface area contributed by atoms with Crippen molar-refractivity contribution in [3.63, 3.8) is 0 Å². The lowest BCUT2D eigenvalue weighted by atomic mass is 9.97. The Kier molecular flexibility index (Phi) is 5.47. The first-order valence-corrected chi connectivity index (χ1v) is 9.41. The van der Waals surface area contributed by atoms with Crippen LogP contribution in [0.15, 0.2) is 60.7 Å². The summed E-state index contributed by atoms with van der Waals surface area (Å²) < 4.78 is 46.6. The average Bonchev–Trinajstić information content (AvgIpc) is 3.24. The van der Waals surface area contributed by atoms with E-state index in [1.807, 2.05) is 36.4 Å². The number of amides is 1. The number of hydroxylamine groups is 2. The molecule has 2 aromatic carbocycles. The number of hydrogen-bond donors (Lipinski definition) is 0. The number of fused-ring (bicyclic) bond motifs is 1. The zero-order valence-electron chi connectivity index (χ0n) is 15.6. The number of nitrogens with zero attached hydrogens (tertiary/aromatic N) is 2. The zero-order valence-corrected chi connectivity index (χ0v) is 15.6. The van der Waals surface area contributed by atoms with Gasteiger partial charge in [-0.05, 0) is 11.1 Å². The Bertz CT molecular complexity index is 832. The van der Waals surface area contributed by atoms with Crippen molar-refractivity contribution in [2.45, 2.75) is 31.5 Å².